The third-order valence-electron chi connectivity index (χ3n) is 3.14. The number of hydrogen-bond acceptors (Lipinski definition) is 2. The second-order valence-electron chi connectivity index (χ2n) is 4.57. The van der Waals surface area contributed by atoms with Gasteiger partial charge in [0.25, 0.3) is 0 Å². The Labute approximate surface area is 109 Å². The minimum Gasteiger partial charge on any atom is -0.348 e. The summed E-state index contributed by atoms with van der Waals surface area (Å²) in [6.45, 7) is 7.34. The summed E-state index contributed by atoms with van der Waals surface area (Å²) in [5.74, 6) is 0. The van der Waals surface area contributed by atoms with E-state index in [4.69, 9.17) is 0 Å². The molecule has 0 aliphatic rings. The molecule has 0 fully saturated rings. The summed E-state index contributed by atoms with van der Waals surface area (Å²) < 4.78 is 4.27. The molecule has 0 aliphatic carbocycles. The second kappa shape index (κ2) is 6.40. The van der Waals surface area contributed by atoms with Gasteiger partial charge in [0.15, 0.2) is 0 Å². The predicted octanol–water partition coefficient (Wildman–Crippen LogP) is 2.45. The van der Waals surface area contributed by atoms with Crippen molar-refractivity contribution in [3.8, 4) is 0 Å². The van der Waals surface area contributed by atoms with Crippen molar-refractivity contribution < 1.29 is 0 Å². The molecule has 0 aromatic carbocycles. The van der Waals surface area contributed by atoms with Gasteiger partial charge in [-0.25, -0.2) is 0 Å². The molecule has 4 nitrogen and oxygen atoms in total. The van der Waals surface area contributed by atoms with Gasteiger partial charge >= 0.3 is 0 Å². The van der Waals surface area contributed by atoms with E-state index in [0.717, 1.165) is 19.6 Å². The highest BCUT2D eigenvalue weighted by molar-refractivity contribution is 5.11. The molecule has 2 heterocycles. The summed E-state index contributed by atoms with van der Waals surface area (Å²) in [5.41, 5.74) is 1.34. The smallest absolute Gasteiger partial charge is 0.0588 e. The molecule has 0 saturated heterocycles. The molecule has 1 unspecified atom stereocenters. The zero-order chi connectivity index (χ0) is 12.8. The zero-order valence-corrected chi connectivity index (χ0v) is 11.2. The molecular weight excluding hydrogens is 224 g/mol. The van der Waals surface area contributed by atoms with E-state index in [0.29, 0.717) is 6.04 Å². The number of nitrogens with one attached hydrogen (secondary N) is 1. The van der Waals surface area contributed by atoms with E-state index in [1.807, 2.05) is 23.1 Å². The number of hydrogen-bond donors (Lipinski definition) is 1. The van der Waals surface area contributed by atoms with E-state index >= 15 is 0 Å². The highest BCUT2D eigenvalue weighted by Crippen LogP contribution is 2.13. The molecule has 0 radical (unpaired) electrons. The van der Waals surface area contributed by atoms with Crippen LogP contribution in [0.2, 0.25) is 0 Å². The average molecular weight is 246 g/mol. The van der Waals surface area contributed by atoms with Gasteiger partial charge in [-0.05, 0) is 38.1 Å². The lowest BCUT2D eigenvalue weighted by molar-refractivity contribution is 0.486. The third-order valence-corrected chi connectivity index (χ3v) is 3.14. The van der Waals surface area contributed by atoms with Crippen molar-refractivity contribution in [2.75, 3.05) is 6.54 Å². The van der Waals surface area contributed by atoms with Crippen molar-refractivity contribution in [3.63, 3.8) is 0 Å². The van der Waals surface area contributed by atoms with Crippen LogP contribution in [0.15, 0.2) is 36.8 Å². The van der Waals surface area contributed by atoms with Gasteiger partial charge < -0.3 is 9.88 Å². The molecule has 0 spiro atoms. The van der Waals surface area contributed by atoms with Crippen LogP contribution in [-0.4, -0.2) is 20.9 Å². The van der Waals surface area contributed by atoms with E-state index in [-0.39, 0.29) is 0 Å². The molecule has 0 aliphatic heterocycles. The molecule has 2 aromatic heterocycles. The minimum absolute atomic E-state index is 0.401. The van der Waals surface area contributed by atoms with Crippen LogP contribution in [0.1, 0.15) is 32.0 Å². The van der Waals surface area contributed by atoms with Crippen LogP contribution in [0.4, 0.5) is 0 Å². The largest absolute Gasteiger partial charge is 0.348 e. The van der Waals surface area contributed by atoms with E-state index in [9.17, 15) is 0 Å². The third kappa shape index (κ3) is 3.23. The Kier molecular flexibility index (Phi) is 4.59. The van der Waals surface area contributed by atoms with Crippen LogP contribution in [0.5, 0.6) is 0 Å². The van der Waals surface area contributed by atoms with Crippen molar-refractivity contribution in [1.82, 2.24) is 19.7 Å². The van der Waals surface area contributed by atoms with Crippen LogP contribution in [0, 0.1) is 0 Å². The number of nitrogens with zero attached hydrogens (tertiary/aromatic N) is 3. The quantitative estimate of drug-likeness (QED) is 0.814. The van der Waals surface area contributed by atoms with Crippen LogP contribution < -0.4 is 5.32 Å². The number of aryl methyl sites for hydroxylation is 2. The summed E-state index contributed by atoms with van der Waals surface area (Å²) in [6, 6.07) is 6.67. The summed E-state index contributed by atoms with van der Waals surface area (Å²) >= 11 is 0. The van der Waals surface area contributed by atoms with Gasteiger partial charge in [0, 0.05) is 36.9 Å². The molecule has 0 saturated carbocycles. The Morgan fingerprint density at radius 3 is 2.89 bits per heavy atom. The highest BCUT2D eigenvalue weighted by Gasteiger charge is 2.08. The lowest BCUT2D eigenvalue weighted by Crippen LogP contribution is -2.22. The Hall–Kier alpha value is -1.55. The van der Waals surface area contributed by atoms with E-state index in [2.05, 4.69) is 47.2 Å². The van der Waals surface area contributed by atoms with Crippen LogP contribution in [-0.2, 0) is 13.1 Å². The van der Waals surface area contributed by atoms with Gasteiger partial charge in [0.2, 0.25) is 0 Å². The first kappa shape index (κ1) is 12.9. The maximum atomic E-state index is 4.23. The minimum atomic E-state index is 0.401. The maximum Gasteiger partial charge on any atom is 0.0588 e. The fourth-order valence-electron chi connectivity index (χ4n) is 2.13. The second-order valence-corrected chi connectivity index (χ2v) is 4.57. The van der Waals surface area contributed by atoms with Gasteiger partial charge in [-0.1, -0.05) is 6.92 Å². The van der Waals surface area contributed by atoms with Crippen LogP contribution in [0.3, 0.4) is 0 Å². The zero-order valence-electron chi connectivity index (χ0n) is 11.2. The van der Waals surface area contributed by atoms with Gasteiger partial charge in [-0.2, -0.15) is 5.10 Å². The Morgan fingerprint density at radius 1 is 1.28 bits per heavy atom. The van der Waals surface area contributed by atoms with Crippen molar-refractivity contribution in [2.24, 2.45) is 0 Å². The van der Waals surface area contributed by atoms with E-state index in [1.165, 1.54) is 12.1 Å². The van der Waals surface area contributed by atoms with Crippen molar-refractivity contribution in [3.05, 3.63) is 42.5 Å². The number of rotatable bonds is 7. The summed E-state index contributed by atoms with van der Waals surface area (Å²) in [6.07, 6.45) is 7.13. The Balaban J connectivity index is 1.94. The molecule has 0 bridgehead atoms. The summed E-state index contributed by atoms with van der Waals surface area (Å²) in [5, 5.41) is 7.75. The molecule has 18 heavy (non-hydrogen) atoms. The van der Waals surface area contributed by atoms with Gasteiger partial charge in [-0.15, -0.1) is 0 Å². The van der Waals surface area contributed by atoms with Gasteiger partial charge in [0.05, 0.1) is 6.54 Å². The van der Waals surface area contributed by atoms with Crippen LogP contribution in [0.25, 0.3) is 0 Å². The van der Waals surface area contributed by atoms with Gasteiger partial charge in [-0.3, -0.25) is 4.68 Å². The fourth-order valence-corrected chi connectivity index (χ4v) is 2.13. The molecule has 1 N–H and O–H groups in total. The van der Waals surface area contributed by atoms with E-state index in [1.54, 1.807) is 0 Å². The van der Waals surface area contributed by atoms with Crippen LogP contribution >= 0.6 is 0 Å². The highest BCUT2D eigenvalue weighted by atomic mass is 15.3. The SMILES string of the molecule is CCCNC(C)c1cccn1CCn1cccn1. The molecule has 4 heteroatoms. The summed E-state index contributed by atoms with van der Waals surface area (Å²) in [7, 11) is 0. The topological polar surface area (TPSA) is 34.8 Å². The lowest BCUT2D eigenvalue weighted by Gasteiger charge is -2.17. The molecular formula is C14H22N4. The first-order valence-corrected chi connectivity index (χ1v) is 6.67. The van der Waals surface area contributed by atoms with Crippen molar-refractivity contribution in [1.29, 1.82) is 0 Å². The maximum absolute atomic E-state index is 4.23. The van der Waals surface area contributed by atoms with Gasteiger partial charge in [0.1, 0.15) is 0 Å². The van der Waals surface area contributed by atoms with Crippen molar-refractivity contribution >= 4 is 0 Å². The first-order valence-electron chi connectivity index (χ1n) is 6.67. The van der Waals surface area contributed by atoms with E-state index < -0.39 is 0 Å². The normalized spacial score (nSPS) is 12.8. The molecule has 1 atom stereocenters. The Bertz CT molecular complexity index is 444. The molecule has 98 valence electrons. The lowest BCUT2D eigenvalue weighted by atomic mass is 10.2. The molecule has 2 aromatic rings. The monoisotopic (exact) mass is 246 g/mol. The standard InChI is InChI=1S/C14H22N4/c1-3-7-15-13(2)14-6-4-9-17(14)11-12-18-10-5-8-16-18/h4-6,8-10,13,15H,3,7,11-12H2,1-2H3. The summed E-state index contributed by atoms with van der Waals surface area (Å²) in [4.78, 5) is 0. The van der Waals surface area contributed by atoms with Crippen molar-refractivity contribution in [2.45, 2.75) is 39.4 Å². The Morgan fingerprint density at radius 2 is 2.17 bits per heavy atom. The molecule has 2 rings (SSSR count). The fraction of sp³-hybridized carbons (Fsp3) is 0.500. The predicted molar refractivity (Wildman–Crippen MR) is 73.4 cm³/mol. The average Bonchev–Trinajstić information content (AvgIpc) is 3.03. The number of aromatic nitrogens is 3. The first-order chi connectivity index (χ1) is 8.81. The molecule has 0 amide bonds.